The molecular formula is C14H10Cl2O2. The summed E-state index contributed by atoms with van der Waals surface area (Å²) in [5.74, 6) is -0.464. The van der Waals surface area contributed by atoms with Crippen LogP contribution in [-0.4, -0.2) is 10.9 Å². The van der Waals surface area contributed by atoms with E-state index < -0.39 is 11.9 Å². The van der Waals surface area contributed by atoms with Crippen molar-refractivity contribution in [2.45, 2.75) is 6.10 Å². The first-order chi connectivity index (χ1) is 8.61. The molecule has 0 spiro atoms. The van der Waals surface area contributed by atoms with Crippen molar-refractivity contribution >= 4 is 29.0 Å². The third-order valence-electron chi connectivity index (χ3n) is 2.58. The number of carbonyl (C=O) groups excluding carboxylic acids is 1. The van der Waals surface area contributed by atoms with E-state index in [0.29, 0.717) is 10.6 Å². The van der Waals surface area contributed by atoms with E-state index in [0.717, 1.165) is 0 Å². The molecule has 0 fully saturated rings. The van der Waals surface area contributed by atoms with Crippen LogP contribution in [0.5, 0.6) is 0 Å². The van der Waals surface area contributed by atoms with Crippen molar-refractivity contribution in [2.75, 3.05) is 0 Å². The zero-order valence-corrected chi connectivity index (χ0v) is 10.8. The fraction of sp³-hybridized carbons (Fsp3) is 0.0714. The number of Topliss-reactive ketones (excluding diaryl/α,β-unsaturated/α-hetero) is 1. The van der Waals surface area contributed by atoms with Crippen molar-refractivity contribution in [1.29, 1.82) is 0 Å². The van der Waals surface area contributed by atoms with Crippen molar-refractivity contribution in [3.8, 4) is 0 Å². The van der Waals surface area contributed by atoms with E-state index in [2.05, 4.69) is 0 Å². The van der Waals surface area contributed by atoms with Crippen molar-refractivity contribution in [1.82, 2.24) is 0 Å². The molecule has 0 aliphatic carbocycles. The Hall–Kier alpha value is -1.35. The van der Waals surface area contributed by atoms with Gasteiger partial charge in [0.25, 0.3) is 0 Å². The number of aliphatic hydroxyl groups excluding tert-OH is 1. The normalized spacial score (nSPS) is 12.2. The Bertz CT molecular complexity index is 567. The van der Waals surface area contributed by atoms with Crippen molar-refractivity contribution in [3.63, 3.8) is 0 Å². The number of ketones is 1. The lowest BCUT2D eigenvalue weighted by molar-refractivity contribution is 0.0747. The second-order valence-corrected chi connectivity index (χ2v) is 4.56. The molecule has 1 atom stereocenters. The van der Waals surface area contributed by atoms with Crippen LogP contribution in [0.15, 0.2) is 48.5 Å². The third kappa shape index (κ3) is 2.56. The van der Waals surface area contributed by atoms with E-state index >= 15 is 0 Å². The molecule has 4 heteroatoms. The first-order valence-corrected chi connectivity index (χ1v) is 6.08. The molecular weight excluding hydrogens is 271 g/mol. The Balaban J connectivity index is 2.35. The first-order valence-electron chi connectivity index (χ1n) is 5.32. The fourth-order valence-corrected chi connectivity index (χ4v) is 2.02. The second-order valence-electron chi connectivity index (χ2n) is 3.78. The highest BCUT2D eigenvalue weighted by Crippen LogP contribution is 2.29. The minimum Gasteiger partial charge on any atom is -0.380 e. The van der Waals surface area contributed by atoms with Crippen LogP contribution < -0.4 is 0 Å². The van der Waals surface area contributed by atoms with E-state index in [1.165, 1.54) is 0 Å². The molecule has 2 aromatic rings. The molecule has 0 aliphatic rings. The number of benzene rings is 2. The van der Waals surface area contributed by atoms with Crippen LogP contribution in [0.25, 0.3) is 0 Å². The summed E-state index contributed by atoms with van der Waals surface area (Å²) in [7, 11) is 0. The number of aliphatic hydroxyl groups is 1. The van der Waals surface area contributed by atoms with E-state index in [-0.39, 0.29) is 10.6 Å². The van der Waals surface area contributed by atoms with Gasteiger partial charge in [-0.15, -0.1) is 0 Å². The first kappa shape index (κ1) is 13.1. The van der Waals surface area contributed by atoms with Crippen molar-refractivity contribution in [2.24, 2.45) is 0 Å². The standard InChI is InChI=1S/C14H10Cl2O2/c15-11-8-4-7-10(12(11)16)14(18)13(17)9-5-2-1-3-6-9/h1-8,13,17H. The van der Waals surface area contributed by atoms with Crippen LogP contribution in [0, 0.1) is 0 Å². The summed E-state index contributed by atoms with van der Waals surface area (Å²) in [6.07, 6.45) is -1.23. The average molecular weight is 281 g/mol. The van der Waals surface area contributed by atoms with Gasteiger partial charge in [-0.1, -0.05) is 59.6 Å². The number of carbonyl (C=O) groups is 1. The second kappa shape index (κ2) is 5.53. The quantitative estimate of drug-likeness (QED) is 0.866. The van der Waals surface area contributed by atoms with Crippen LogP contribution in [0.3, 0.4) is 0 Å². The fourth-order valence-electron chi connectivity index (χ4n) is 1.63. The number of hydrogen-bond acceptors (Lipinski definition) is 2. The van der Waals surface area contributed by atoms with Crippen molar-refractivity contribution < 1.29 is 9.90 Å². The Morgan fingerprint density at radius 1 is 1.00 bits per heavy atom. The predicted octanol–water partition coefficient (Wildman–Crippen LogP) is 3.91. The summed E-state index contributed by atoms with van der Waals surface area (Å²) in [4.78, 5) is 12.1. The Morgan fingerprint density at radius 3 is 2.33 bits per heavy atom. The number of halogens is 2. The SMILES string of the molecule is O=C(c1cccc(Cl)c1Cl)C(O)c1ccccc1. The molecule has 0 bridgehead atoms. The number of hydrogen-bond donors (Lipinski definition) is 1. The lowest BCUT2D eigenvalue weighted by Crippen LogP contribution is -2.12. The summed E-state index contributed by atoms with van der Waals surface area (Å²) >= 11 is 11.8. The van der Waals surface area contributed by atoms with Gasteiger partial charge in [-0.3, -0.25) is 4.79 Å². The van der Waals surface area contributed by atoms with Gasteiger partial charge in [-0.25, -0.2) is 0 Å². The maximum atomic E-state index is 12.1. The summed E-state index contributed by atoms with van der Waals surface area (Å²) in [6, 6.07) is 13.4. The molecule has 2 rings (SSSR count). The average Bonchev–Trinajstić information content (AvgIpc) is 2.41. The Labute approximate surface area is 115 Å². The maximum Gasteiger partial charge on any atom is 0.197 e. The molecule has 0 saturated heterocycles. The Kier molecular flexibility index (Phi) is 4.02. The van der Waals surface area contributed by atoms with Crippen LogP contribution in [0.1, 0.15) is 22.0 Å². The summed E-state index contributed by atoms with van der Waals surface area (Å²) < 4.78 is 0. The highest BCUT2D eigenvalue weighted by molar-refractivity contribution is 6.44. The van der Waals surface area contributed by atoms with Gasteiger partial charge in [0.15, 0.2) is 5.78 Å². The van der Waals surface area contributed by atoms with Gasteiger partial charge in [0, 0.05) is 5.56 Å². The monoisotopic (exact) mass is 280 g/mol. The molecule has 2 aromatic carbocycles. The zero-order valence-electron chi connectivity index (χ0n) is 9.31. The lowest BCUT2D eigenvalue weighted by Gasteiger charge is -2.11. The van der Waals surface area contributed by atoms with E-state index in [4.69, 9.17) is 23.2 Å². The molecule has 0 aliphatic heterocycles. The van der Waals surface area contributed by atoms with Gasteiger partial charge in [-0.05, 0) is 17.7 Å². The Morgan fingerprint density at radius 2 is 1.67 bits per heavy atom. The molecule has 1 N–H and O–H groups in total. The molecule has 92 valence electrons. The smallest absolute Gasteiger partial charge is 0.197 e. The van der Waals surface area contributed by atoms with Gasteiger partial charge in [0.1, 0.15) is 6.10 Å². The molecule has 0 heterocycles. The maximum absolute atomic E-state index is 12.1. The molecule has 0 radical (unpaired) electrons. The largest absolute Gasteiger partial charge is 0.380 e. The molecule has 2 nitrogen and oxygen atoms in total. The van der Waals surface area contributed by atoms with Gasteiger partial charge in [0.2, 0.25) is 0 Å². The zero-order chi connectivity index (χ0) is 13.1. The molecule has 0 amide bonds. The van der Waals surface area contributed by atoms with Crippen LogP contribution >= 0.6 is 23.2 Å². The van der Waals surface area contributed by atoms with E-state index in [9.17, 15) is 9.90 Å². The number of rotatable bonds is 3. The highest BCUT2D eigenvalue weighted by atomic mass is 35.5. The molecule has 18 heavy (non-hydrogen) atoms. The predicted molar refractivity (Wildman–Crippen MR) is 72.2 cm³/mol. The summed E-state index contributed by atoms with van der Waals surface area (Å²) in [6.45, 7) is 0. The third-order valence-corrected chi connectivity index (χ3v) is 3.40. The highest BCUT2D eigenvalue weighted by Gasteiger charge is 2.21. The van der Waals surface area contributed by atoms with Gasteiger partial charge in [-0.2, -0.15) is 0 Å². The van der Waals surface area contributed by atoms with E-state index in [1.54, 1.807) is 42.5 Å². The van der Waals surface area contributed by atoms with Crippen molar-refractivity contribution in [3.05, 3.63) is 69.7 Å². The van der Waals surface area contributed by atoms with Gasteiger partial charge < -0.3 is 5.11 Å². The topological polar surface area (TPSA) is 37.3 Å². The van der Waals surface area contributed by atoms with Gasteiger partial charge in [0.05, 0.1) is 10.0 Å². The molecule has 1 unspecified atom stereocenters. The molecule has 0 aromatic heterocycles. The summed E-state index contributed by atoms with van der Waals surface area (Å²) in [5.41, 5.74) is 0.749. The molecule has 0 saturated carbocycles. The van der Waals surface area contributed by atoms with E-state index in [1.807, 2.05) is 6.07 Å². The lowest BCUT2D eigenvalue weighted by atomic mass is 10.00. The van der Waals surface area contributed by atoms with Crippen LogP contribution in [-0.2, 0) is 0 Å². The van der Waals surface area contributed by atoms with Crippen LogP contribution in [0.2, 0.25) is 10.0 Å². The van der Waals surface area contributed by atoms with Gasteiger partial charge >= 0.3 is 0 Å². The minimum atomic E-state index is -1.23. The van der Waals surface area contributed by atoms with Crippen LogP contribution in [0.4, 0.5) is 0 Å². The summed E-state index contributed by atoms with van der Waals surface area (Å²) in [5, 5.41) is 10.5. The minimum absolute atomic E-state index is 0.166.